The first-order chi connectivity index (χ1) is 11.1. The second-order valence-corrected chi connectivity index (χ2v) is 4.93. The molecule has 2 rings (SSSR count). The van der Waals surface area contributed by atoms with Crippen LogP contribution in [0.5, 0.6) is 11.5 Å². The number of nitrogens with zero attached hydrogens (tertiary/aromatic N) is 4. The fourth-order valence-electron chi connectivity index (χ4n) is 2.03. The topological polar surface area (TPSA) is 99.6 Å². The number of nitrogens with one attached hydrogen (secondary N) is 1. The molecule has 0 atom stereocenters. The first-order valence-electron chi connectivity index (χ1n) is 7.21. The summed E-state index contributed by atoms with van der Waals surface area (Å²) in [6.07, 6.45) is 2.42. The zero-order valence-corrected chi connectivity index (χ0v) is 13.6. The Bertz CT molecular complexity index is 668. The molecule has 1 aromatic carbocycles. The van der Waals surface area contributed by atoms with Crippen LogP contribution in [0.25, 0.3) is 0 Å². The number of aryl methyl sites for hydroxylation is 1. The van der Waals surface area contributed by atoms with Crippen LogP contribution in [0.15, 0.2) is 29.5 Å². The van der Waals surface area contributed by atoms with Crippen LogP contribution in [0.2, 0.25) is 0 Å². The molecule has 1 aromatic heterocycles. The zero-order valence-electron chi connectivity index (χ0n) is 13.6. The van der Waals surface area contributed by atoms with E-state index in [1.807, 2.05) is 25.2 Å². The van der Waals surface area contributed by atoms with Gasteiger partial charge in [0.25, 0.3) is 0 Å². The van der Waals surface area contributed by atoms with Gasteiger partial charge in [0, 0.05) is 13.6 Å². The maximum atomic E-state index is 5.84. The normalized spacial score (nSPS) is 11.3. The highest BCUT2D eigenvalue weighted by atomic mass is 16.5. The third-order valence-electron chi connectivity index (χ3n) is 3.36. The Labute approximate surface area is 135 Å². The predicted molar refractivity (Wildman–Crippen MR) is 87.6 cm³/mol. The quantitative estimate of drug-likeness (QED) is 0.569. The summed E-state index contributed by atoms with van der Waals surface area (Å²) in [5.41, 5.74) is 6.96. The van der Waals surface area contributed by atoms with E-state index in [4.69, 9.17) is 15.2 Å². The molecule has 8 heteroatoms. The molecule has 0 aliphatic rings. The maximum Gasteiger partial charge on any atom is 0.189 e. The molecule has 2 aromatic rings. The van der Waals surface area contributed by atoms with E-state index in [0.717, 1.165) is 17.8 Å². The molecule has 0 fully saturated rings. The van der Waals surface area contributed by atoms with Crippen LogP contribution in [0.4, 0.5) is 0 Å². The molecule has 0 aliphatic carbocycles. The summed E-state index contributed by atoms with van der Waals surface area (Å²) in [7, 11) is 5.11. The van der Waals surface area contributed by atoms with Crippen LogP contribution in [0.1, 0.15) is 11.4 Å². The number of methoxy groups -OCH3 is 2. The van der Waals surface area contributed by atoms with Crippen LogP contribution in [0, 0.1) is 0 Å². The molecule has 23 heavy (non-hydrogen) atoms. The average Bonchev–Trinajstić information content (AvgIpc) is 2.97. The Kier molecular flexibility index (Phi) is 5.79. The molecule has 0 bridgehead atoms. The van der Waals surface area contributed by atoms with Crippen molar-refractivity contribution in [1.29, 1.82) is 0 Å². The highest BCUT2D eigenvalue weighted by Gasteiger charge is 2.04. The van der Waals surface area contributed by atoms with E-state index < -0.39 is 0 Å². The molecule has 0 saturated carbocycles. The number of ether oxygens (including phenoxy) is 2. The SMILES string of the molecule is COc1ccc(CCNC(N)=NCc2nncn2C)cc1OC. The van der Waals surface area contributed by atoms with Gasteiger partial charge in [-0.3, -0.25) is 0 Å². The minimum absolute atomic E-state index is 0.383. The van der Waals surface area contributed by atoms with Crippen molar-refractivity contribution < 1.29 is 9.47 Å². The van der Waals surface area contributed by atoms with Crippen molar-refractivity contribution in [3.63, 3.8) is 0 Å². The summed E-state index contributed by atoms with van der Waals surface area (Å²) in [5.74, 6) is 2.58. The molecule has 3 N–H and O–H groups in total. The number of aromatic nitrogens is 3. The smallest absolute Gasteiger partial charge is 0.189 e. The van der Waals surface area contributed by atoms with Gasteiger partial charge in [-0.15, -0.1) is 10.2 Å². The summed E-state index contributed by atoms with van der Waals surface area (Å²) in [6, 6.07) is 5.84. The van der Waals surface area contributed by atoms with Gasteiger partial charge in [-0.2, -0.15) is 0 Å². The Morgan fingerprint density at radius 3 is 2.74 bits per heavy atom. The minimum Gasteiger partial charge on any atom is -0.493 e. The van der Waals surface area contributed by atoms with Crippen molar-refractivity contribution in [2.24, 2.45) is 17.8 Å². The van der Waals surface area contributed by atoms with Gasteiger partial charge in [-0.1, -0.05) is 6.07 Å². The Morgan fingerprint density at radius 1 is 1.30 bits per heavy atom. The highest BCUT2D eigenvalue weighted by Crippen LogP contribution is 2.27. The second-order valence-electron chi connectivity index (χ2n) is 4.93. The number of hydrogen-bond acceptors (Lipinski definition) is 5. The monoisotopic (exact) mass is 318 g/mol. The summed E-state index contributed by atoms with van der Waals surface area (Å²) in [6.45, 7) is 1.06. The molecule has 0 amide bonds. The molecule has 0 unspecified atom stereocenters. The molecule has 1 heterocycles. The largest absolute Gasteiger partial charge is 0.493 e. The number of nitrogens with two attached hydrogens (primary N) is 1. The fourth-order valence-corrected chi connectivity index (χ4v) is 2.03. The van der Waals surface area contributed by atoms with Crippen LogP contribution in [-0.4, -0.2) is 41.5 Å². The number of hydrogen-bond donors (Lipinski definition) is 2. The van der Waals surface area contributed by atoms with Gasteiger partial charge in [-0.05, 0) is 24.1 Å². The van der Waals surface area contributed by atoms with Crippen LogP contribution < -0.4 is 20.5 Å². The Balaban J connectivity index is 1.83. The summed E-state index contributed by atoms with van der Waals surface area (Å²) < 4.78 is 12.3. The average molecular weight is 318 g/mol. The van der Waals surface area contributed by atoms with E-state index >= 15 is 0 Å². The first-order valence-corrected chi connectivity index (χ1v) is 7.21. The second kappa shape index (κ2) is 8.02. The molecular formula is C15H22N6O2. The molecular weight excluding hydrogens is 296 g/mol. The van der Waals surface area contributed by atoms with Crippen molar-refractivity contribution in [3.8, 4) is 11.5 Å². The molecule has 0 radical (unpaired) electrons. The Hall–Kier alpha value is -2.77. The highest BCUT2D eigenvalue weighted by molar-refractivity contribution is 5.77. The van der Waals surface area contributed by atoms with Gasteiger partial charge in [0.1, 0.15) is 12.9 Å². The van der Waals surface area contributed by atoms with E-state index in [1.165, 1.54) is 0 Å². The van der Waals surface area contributed by atoms with Crippen molar-refractivity contribution in [1.82, 2.24) is 20.1 Å². The lowest BCUT2D eigenvalue weighted by Gasteiger charge is -2.10. The standard InChI is InChI=1S/C15H22N6O2/c1-21-10-19-20-14(21)9-18-15(16)17-7-6-11-4-5-12(22-2)13(8-11)23-3/h4-5,8,10H,6-7,9H2,1-3H3,(H3,16,17,18). The number of benzene rings is 1. The van der Waals surface area contributed by atoms with Gasteiger partial charge < -0.3 is 25.1 Å². The molecule has 8 nitrogen and oxygen atoms in total. The van der Waals surface area contributed by atoms with Crippen molar-refractivity contribution in [2.75, 3.05) is 20.8 Å². The number of rotatable bonds is 7. The van der Waals surface area contributed by atoms with E-state index in [1.54, 1.807) is 25.1 Å². The number of guanidine groups is 1. The number of aliphatic imine (C=N–C) groups is 1. The third kappa shape index (κ3) is 4.60. The van der Waals surface area contributed by atoms with Gasteiger partial charge in [0.15, 0.2) is 23.3 Å². The Morgan fingerprint density at radius 2 is 2.09 bits per heavy atom. The van der Waals surface area contributed by atoms with Gasteiger partial charge >= 0.3 is 0 Å². The molecule has 124 valence electrons. The third-order valence-corrected chi connectivity index (χ3v) is 3.36. The van der Waals surface area contributed by atoms with E-state index in [-0.39, 0.29) is 0 Å². The molecule has 0 saturated heterocycles. The lowest BCUT2D eigenvalue weighted by molar-refractivity contribution is 0.354. The van der Waals surface area contributed by atoms with E-state index in [0.29, 0.717) is 30.5 Å². The lowest BCUT2D eigenvalue weighted by Crippen LogP contribution is -2.33. The minimum atomic E-state index is 0.383. The van der Waals surface area contributed by atoms with Crippen LogP contribution in [-0.2, 0) is 20.0 Å². The molecule has 0 aliphatic heterocycles. The van der Waals surface area contributed by atoms with E-state index in [9.17, 15) is 0 Å². The van der Waals surface area contributed by atoms with Crippen molar-refractivity contribution in [2.45, 2.75) is 13.0 Å². The van der Waals surface area contributed by atoms with Crippen molar-refractivity contribution >= 4 is 5.96 Å². The van der Waals surface area contributed by atoms with E-state index in [2.05, 4.69) is 20.5 Å². The van der Waals surface area contributed by atoms with Crippen LogP contribution in [0.3, 0.4) is 0 Å². The first kappa shape index (κ1) is 16.6. The lowest BCUT2D eigenvalue weighted by atomic mass is 10.1. The van der Waals surface area contributed by atoms with Crippen LogP contribution >= 0.6 is 0 Å². The van der Waals surface area contributed by atoms with Crippen molar-refractivity contribution in [3.05, 3.63) is 35.9 Å². The predicted octanol–water partition coefficient (Wildman–Crippen LogP) is 0.479. The molecule has 0 spiro atoms. The zero-order chi connectivity index (χ0) is 16.7. The van der Waals surface area contributed by atoms with Gasteiger partial charge in [0.2, 0.25) is 0 Å². The summed E-state index contributed by atoms with van der Waals surface area (Å²) in [5, 5.41) is 10.8. The maximum absolute atomic E-state index is 5.84. The fraction of sp³-hybridized carbons (Fsp3) is 0.400. The van der Waals surface area contributed by atoms with Gasteiger partial charge in [-0.25, -0.2) is 4.99 Å². The van der Waals surface area contributed by atoms with Gasteiger partial charge in [0.05, 0.1) is 14.2 Å². The summed E-state index contributed by atoms with van der Waals surface area (Å²) in [4.78, 5) is 4.24. The summed E-state index contributed by atoms with van der Waals surface area (Å²) >= 11 is 0.